The van der Waals surface area contributed by atoms with Crippen LogP contribution in [0.1, 0.15) is 0 Å². The summed E-state index contributed by atoms with van der Waals surface area (Å²) in [6, 6.07) is 10.0. The molecule has 3 aromatic rings. The van der Waals surface area contributed by atoms with E-state index in [1.54, 1.807) is 6.07 Å². The smallest absolute Gasteiger partial charge is 0.230 e. The van der Waals surface area contributed by atoms with E-state index in [-0.39, 0.29) is 16.7 Å². The number of benzene rings is 2. The Labute approximate surface area is 123 Å². The summed E-state index contributed by atoms with van der Waals surface area (Å²) >= 11 is 5.96. The monoisotopic (exact) mass is 306 g/mol. The Morgan fingerprint density at radius 3 is 2.48 bits per heavy atom. The first-order chi connectivity index (χ1) is 10.1. The van der Waals surface area contributed by atoms with Gasteiger partial charge in [0.05, 0.1) is 10.6 Å². The lowest BCUT2D eigenvalue weighted by molar-refractivity contribution is 0.439. The SMILES string of the molecule is Nc1onc(-c2cccc(F)c2Cl)c1-c1ccc(F)cc1. The maximum absolute atomic E-state index is 13.6. The largest absolute Gasteiger partial charge is 0.367 e. The molecule has 0 saturated heterocycles. The van der Waals surface area contributed by atoms with Crippen LogP contribution < -0.4 is 5.73 Å². The van der Waals surface area contributed by atoms with E-state index >= 15 is 0 Å². The number of nitrogens with two attached hydrogens (primary N) is 1. The normalized spacial score (nSPS) is 10.8. The van der Waals surface area contributed by atoms with Gasteiger partial charge in [-0.05, 0) is 23.8 Å². The van der Waals surface area contributed by atoms with E-state index in [0.29, 0.717) is 22.4 Å². The number of nitrogen functional groups attached to an aromatic ring is 1. The van der Waals surface area contributed by atoms with Crippen LogP contribution in [0.5, 0.6) is 0 Å². The molecule has 0 aliphatic carbocycles. The first-order valence-electron chi connectivity index (χ1n) is 6.03. The molecule has 0 unspecified atom stereocenters. The zero-order chi connectivity index (χ0) is 15.0. The molecule has 3 nitrogen and oxygen atoms in total. The molecule has 2 N–H and O–H groups in total. The molecule has 1 aromatic heterocycles. The minimum absolute atomic E-state index is 0.0527. The zero-order valence-corrected chi connectivity index (χ0v) is 11.4. The molecule has 6 heteroatoms. The third-order valence-corrected chi connectivity index (χ3v) is 3.44. The number of halogens is 3. The van der Waals surface area contributed by atoms with Crippen LogP contribution in [-0.2, 0) is 0 Å². The van der Waals surface area contributed by atoms with Gasteiger partial charge in [0.25, 0.3) is 0 Å². The fourth-order valence-corrected chi connectivity index (χ4v) is 2.28. The first-order valence-corrected chi connectivity index (χ1v) is 6.41. The van der Waals surface area contributed by atoms with E-state index in [9.17, 15) is 8.78 Å². The Kier molecular flexibility index (Phi) is 3.35. The highest BCUT2D eigenvalue weighted by Gasteiger charge is 2.20. The number of hydrogen-bond donors (Lipinski definition) is 1. The average Bonchev–Trinajstić information content (AvgIpc) is 2.85. The van der Waals surface area contributed by atoms with E-state index in [1.807, 2.05) is 0 Å². The summed E-state index contributed by atoms with van der Waals surface area (Å²) in [4.78, 5) is 0. The molecule has 0 amide bonds. The van der Waals surface area contributed by atoms with E-state index in [1.165, 1.54) is 36.4 Å². The van der Waals surface area contributed by atoms with Gasteiger partial charge in [-0.15, -0.1) is 0 Å². The van der Waals surface area contributed by atoms with Gasteiger partial charge >= 0.3 is 0 Å². The Bertz CT molecular complexity index is 800. The molecule has 106 valence electrons. The van der Waals surface area contributed by atoms with Crippen LogP contribution in [0.25, 0.3) is 22.4 Å². The van der Waals surface area contributed by atoms with Gasteiger partial charge < -0.3 is 10.3 Å². The molecular formula is C15H9ClF2N2O. The minimum atomic E-state index is -0.569. The molecule has 21 heavy (non-hydrogen) atoms. The van der Waals surface area contributed by atoms with Gasteiger partial charge in [0.15, 0.2) is 0 Å². The molecule has 0 bridgehead atoms. The molecule has 3 rings (SSSR count). The summed E-state index contributed by atoms with van der Waals surface area (Å²) in [6.45, 7) is 0. The third kappa shape index (κ3) is 2.36. The predicted octanol–water partition coefficient (Wildman–Crippen LogP) is 4.52. The summed E-state index contributed by atoms with van der Waals surface area (Å²) in [5, 5.41) is 3.77. The van der Waals surface area contributed by atoms with Crippen LogP contribution >= 0.6 is 11.6 Å². The van der Waals surface area contributed by atoms with Crippen LogP contribution in [0.2, 0.25) is 5.02 Å². The lowest BCUT2D eigenvalue weighted by Gasteiger charge is -2.05. The van der Waals surface area contributed by atoms with Crippen molar-refractivity contribution in [3.05, 3.63) is 59.1 Å². The minimum Gasteiger partial charge on any atom is -0.367 e. The maximum Gasteiger partial charge on any atom is 0.230 e. The molecule has 0 radical (unpaired) electrons. The standard InChI is InChI=1S/C15H9ClF2N2O/c16-13-10(2-1-3-11(13)18)14-12(15(19)21-20-14)8-4-6-9(17)7-5-8/h1-7H,19H2. The van der Waals surface area contributed by atoms with Gasteiger partial charge in [-0.2, -0.15) is 0 Å². The van der Waals surface area contributed by atoms with Crippen molar-refractivity contribution in [3.63, 3.8) is 0 Å². The Morgan fingerprint density at radius 1 is 1.05 bits per heavy atom. The molecule has 0 aliphatic rings. The Balaban J connectivity index is 2.22. The lowest BCUT2D eigenvalue weighted by Crippen LogP contribution is -1.90. The van der Waals surface area contributed by atoms with E-state index in [2.05, 4.69) is 5.16 Å². The molecular weight excluding hydrogens is 298 g/mol. The topological polar surface area (TPSA) is 52.0 Å². The number of nitrogens with zero attached hydrogens (tertiary/aromatic N) is 1. The fraction of sp³-hybridized carbons (Fsp3) is 0. The summed E-state index contributed by atoms with van der Waals surface area (Å²) < 4.78 is 31.6. The van der Waals surface area contributed by atoms with Gasteiger partial charge in [0.1, 0.15) is 17.3 Å². The van der Waals surface area contributed by atoms with E-state index < -0.39 is 5.82 Å². The van der Waals surface area contributed by atoms with Gasteiger partial charge in [-0.3, -0.25) is 0 Å². The lowest BCUT2D eigenvalue weighted by atomic mass is 10.0. The average molecular weight is 307 g/mol. The highest BCUT2D eigenvalue weighted by molar-refractivity contribution is 6.33. The van der Waals surface area contributed by atoms with Gasteiger partial charge in [-0.25, -0.2) is 8.78 Å². The van der Waals surface area contributed by atoms with Crippen LogP contribution in [0.15, 0.2) is 47.0 Å². The van der Waals surface area contributed by atoms with Crippen molar-refractivity contribution < 1.29 is 13.3 Å². The van der Waals surface area contributed by atoms with Crippen LogP contribution in [0.4, 0.5) is 14.7 Å². The molecule has 0 atom stereocenters. The molecule has 2 aromatic carbocycles. The maximum atomic E-state index is 13.6. The van der Waals surface area contributed by atoms with Gasteiger partial charge in [0.2, 0.25) is 5.88 Å². The molecule has 0 spiro atoms. The van der Waals surface area contributed by atoms with E-state index in [4.69, 9.17) is 21.9 Å². The zero-order valence-electron chi connectivity index (χ0n) is 10.6. The van der Waals surface area contributed by atoms with Crippen LogP contribution in [-0.4, -0.2) is 5.16 Å². The van der Waals surface area contributed by atoms with Crippen molar-refractivity contribution >= 4 is 17.5 Å². The van der Waals surface area contributed by atoms with Crippen molar-refractivity contribution in [2.75, 3.05) is 5.73 Å². The second-order valence-electron chi connectivity index (χ2n) is 4.38. The van der Waals surface area contributed by atoms with Crippen molar-refractivity contribution in [1.82, 2.24) is 5.16 Å². The predicted molar refractivity (Wildman–Crippen MR) is 76.7 cm³/mol. The molecule has 0 fully saturated rings. The molecule has 0 aliphatic heterocycles. The van der Waals surface area contributed by atoms with Crippen molar-refractivity contribution in [2.24, 2.45) is 0 Å². The summed E-state index contributed by atoms with van der Waals surface area (Å²) in [5.41, 5.74) is 7.49. The highest BCUT2D eigenvalue weighted by atomic mass is 35.5. The first kappa shape index (κ1) is 13.6. The number of anilines is 1. The summed E-state index contributed by atoms with van der Waals surface area (Å²) in [6.07, 6.45) is 0. The van der Waals surface area contributed by atoms with E-state index in [0.717, 1.165) is 0 Å². The molecule has 1 heterocycles. The number of aromatic nitrogens is 1. The second-order valence-corrected chi connectivity index (χ2v) is 4.76. The Hall–Kier alpha value is -2.40. The van der Waals surface area contributed by atoms with Crippen molar-refractivity contribution in [2.45, 2.75) is 0 Å². The van der Waals surface area contributed by atoms with Crippen molar-refractivity contribution in [3.8, 4) is 22.4 Å². The molecule has 0 saturated carbocycles. The second kappa shape index (κ2) is 5.18. The Morgan fingerprint density at radius 2 is 1.76 bits per heavy atom. The van der Waals surface area contributed by atoms with Crippen molar-refractivity contribution in [1.29, 1.82) is 0 Å². The number of rotatable bonds is 2. The van der Waals surface area contributed by atoms with Gasteiger partial charge in [-0.1, -0.05) is 41.0 Å². The summed E-state index contributed by atoms with van der Waals surface area (Å²) in [5.74, 6) is -0.892. The van der Waals surface area contributed by atoms with Gasteiger partial charge in [0, 0.05) is 5.56 Å². The van der Waals surface area contributed by atoms with Crippen LogP contribution in [0, 0.1) is 11.6 Å². The highest BCUT2D eigenvalue weighted by Crippen LogP contribution is 2.39. The quantitative estimate of drug-likeness (QED) is 0.757. The number of hydrogen-bond acceptors (Lipinski definition) is 3. The third-order valence-electron chi connectivity index (χ3n) is 3.06. The fourth-order valence-electron chi connectivity index (χ4n) is 2.07. The summed E-state index contributed by atoms with van der Waals surface area (Å²) in [7, 11) is 0. The van der Waals surface area contributed by atoms with Crippen LogP contribution in [0.3, 0.4) is 0 Å².